The highest BCUT2D eigenvalue weighted by Crippen LogP contribution is 1.82. The summed E-state index contributed by atoms with van der Waals surface area (Å²) in [6, 6.07) is 0. The van der Waals surface area contributed by atoms with Gasteiger partial charge in [0.1, 0.15) is 0 Å². The highest BCUT2D eigenvalue weighted by atomic mass is 16.5. The molecule has 2 heteroatoms. The zero-order chi connectivity index (χ0) is 7.66. The summed E-state index contributed by atoms with van der Waals surface area (Å²) < 4.78 is 0. The van der Waals surface area contributed by atoms with Crippen molar-refractivity contribution < 1.29 is 5.21 Å². The lowest BCUT2D eigenvalue weighted by molar-refractivity contribution is 0.169. The van der Waals surface area contributed by atoms with E-state index >= 15 is 0 Å². The van der Waals surface area contributed by atoms with Crippen molar-refractivity contribution in [2.45, 2.75) is 6.42 Å². The van der Waals surface area contributed by atoms with Gasteiger partial charge in [0, 0.05) is 6.54 Å². The van der Waals surface area contributed by atoms with E-state index in [0.717, 1.165) is 6.42 Å². The van der Waals surface area contributed by atoms with Gasteiger partial charge >= 0.3 is 0 Å². The van der Waals surface area contributed by atoms with E-state index in [2.05, 4.69) is 12.1 Å². The standard InChI is InChI=1S/C8H13NO/c1-2-3-4-5-6-7-8-9-10/h2-6,9-10H,1,7-8H2/b4-3-,6-5-. The van der Waals surface area contributed by atoms with Crippen LogP contribution in [0.15, 0.2) is 37.0 Å². The number of hydrogen-bond acceptors (Lipinski definition) is 2. The molecule has 0 aliphatic rings. The first-order chi connectivity index (χ1) is 4.91. The van der Waals surface area contributed by atoms with Gasteiger partial charge in [-0.15, -0.1) is 0 Å². The van der Waals surface area contributed by atoms with E-state index in [0.29, 0.717) is 6.54 Å². The van der Waals surface area contributed by atoms with Crippen LogP contribution in [0.5, 0.6) is 0 Å². The predicted molar refractivity (Wildman–Crippen MR) is 42.9 cm³/mol. The average molecular weight is 139 g/mol. The van der Waals surface area contributed by atoms with Gasteiger partial charge in [0.2, 0.25) is 0 Å². The molecule has 0 fully saturated rings. The predicted octanol–water partition coefficient (Wildman–Crippen LogP) is 1.65. The number of hydrogen-bond donors (Lipinski definition) is 2. The van der Waals surface area contributed by atoms with Crippen molar-refractivity contribution in [1.29, 1.82) is 0 Å². The van der Waals surface area contributed by atoms with Crippen LogP contribution in [0.25, 0.3) is 0 Å². The molecular formula is C8H13NO. The second-order valence-corrected chi connectivity index (χ2v) is 1.75. The van der Waals surface area contributed by atoms with E-state index < -0.39 is 0 Å². The van der Waals surface area contributed by atoms with E-state index in [-0.39, 0.29) is 0 Å². The smallest absolute Gasteiger partial charge is 0.0242 e. The molecule has 0 saturated carbocycles. The Morgan fingerprint density at radius 1 is 1.30 bits per heavy atom. The molecule has 0 radical (unpaired) electrons. The summed E-state index contributed by atoms with van der Waals surface area (Å²) in [7, 11) is 0. The maximum Gasteiger partial charge on any atom is 0.0242 e. The minimum Gasteiger partial charge on any atom is -0.317 e. The van der Waals surface area contributed by atoms with Crippen LogP contribution in [-0.2, 0) is 0 Å². The first-order valence-corrected chi connectivity index (χ1v) is 3.23. The van der Waals surface area contributed by atoms with Crippen LogP contribution in [0.4, 0.5) is 0 Å². The molecule has 0 heterocycles. The van der Waals surface area contributed by atoms with Crippen LogP contribution in [-0.4, -0.2) is 11.8 Å². The van der Waals surface area contributed by atoms with Crippen LogP contribution >= 0.6 is 0 Å². The summed E-state index contributed by atoms with van der Waals surface area (Å²) in [5.74, 6) is 0. The average Bonchev–Trinajstić information content (AvgIpc) is 1.97. The van der Waals surface area contributed by atoms with Crippen LogP contribution in [0.3, 0.4) is 0 Å². The minimum absolute atomic E-state index is 0.596. The van der Waals surface area contributed by atoms with Crippen LogP contribution in [0.2, 0.25) is 0 Å². The van der Waals surface area contributed by atoms with Gasteiger partial charge in [-0.05, 0) is 6.42 Å². The zero-order valence-corrected chi connectivity index (χ0v) is 5.96. The summed E-state index contributed by atoms with van der Waals surface area (Å²) in [6.07, 6.45) is 10.2. The lowest BCUT2D eigenvalue weighted by Gasteiger charge is -1.87. The maximum absolute atomic E-state index is 8.15. The van der Waals surface area contributed by atoms with Gasteiger partial charge in [-0.2, -0.15) is 0 Å². The van der Waals surface area contributed by atoms with Crippen molar-refractivity contribution >= 4 is 0 Å². The van der Waals surface area contributed by atoms with Gasteiger partial charge in [0.15, 0.2) is 0 Å². The Kier molecular flexibility index (Phi) is 7.44. The molecule has 0 aromatic rings. The Hall–Kier alpha value is -0.860. The number of hydroxylamine groups is 1. The van der Waals surface area contributed by atoms with E-state index in [1.807, 2.05) is 24.3 Å². The molecule has 2 N–H and O–H groups in total. The Labute approximate surface area is 61.5 Å². The quantitative estimate of drug-likeness (QED) is 0.345. The first-order valence-electron chi connectivity index (χ1n) is 3.23. The molecule has 0 aromatic carbocycles. The Morgan fingerprint density at radius 2 is 2.10 bits per heavy atom. The highest BCUT2D eigenvalue weighted by molar-refractivity contribution is 5.08. The van der Waals surface area contributed by atoms with E-state index in [4.69, 9.17) is 5.21 Å². The van der Waals surface area contributed by atoms with Gasteiger partial charge in [-0.25, -0.2) is 5.48 Å². The van der Waals surface area contributed by atoms with Crippen molar-refractivity contribution in [1.82, 2.24) is 5.48 Å². The molecule has 0 amide bonds. The molecule has 0 saturated heterocycles. The highest BCUT2D eigenvalue weighted by Gasteiger charge is 1.73. The third-order valence-electron chi connectivity index (χ3n) is 0.917. The van der Waals surface area contributed by atoms with Gasteiger partial charge in [0.25, 0.3) is 0 Å². The summed E-state index contributed by atoms with van der Waals surface area (Å²) in [5.41, 5.74) is 2.06. The molecule has 2 nitrogen and oxygen atoms in total. The van der Waals surface area contributed by atoms with Gasteiger partial charge in [-0.1, -0.05) is 37.0 Å². The van der Waals surface area contributed by atoms with E-state index in [9.17, 15) is 0 Å². The molecule has 0 aliphatic heterocycles. The van der Waals surface area contributed by atoms with Gasteiger partial charge < -0.3 is 5.21 Å². The van der Waals surface area contributed by atoms with Crippen molar-refractivity contribution in [3.63, 3.8) is 0 Å². The summed E-state index contributed by atoms with van der Waals surface area (Å²) in [4.78, 5) is 0. The Morgan fingerprint density at radius 3 is 2.70 bits per heavy atom. The fourth-order valence-electron chi connectivity index (χ4n) is 0.465. The van der Waals surface area contributed by atoms with Crippen LogP contribution in [0.1, 0.15) is 6.42 Å². The molecule has 0 rings (SSSR count). The van der Waals surface area contributed by atoms with E-state index in [1.165, 1.54) is 0 Å². The molecule has 56 valence electrons. The lowest BCUT2D eigenvalue weighted by atomic mass is 10.3. The largest absolute Gasteiger partial charge is 0.317 e. The fraction of sp³-hybridized carbons (Fsp3) is 0.250. The maximum atomic E-state index is 8.15. The van der Waals surface area contributed by atoms with E-state index in [1.54, 1.807) is 6.08 Å². The second-order valence-electron chi connectivity index (χ2n) is 1.75. The number of rotatable bonds is 5. The molecule has 0 aliphatic carbocycles. The molecule has 0 bridgehead atoms. The number of allylic oxidation sites excluding steroid dienone is 4. The van der Waals surface area contributed by atoms with Crippen molar-refractivity contribution in [3.05, 3.63) is 37.0 Å². The summed E-state index contributed by atoms with van der Waals surface area (Å²) >= 11 is 0. The topological polar surface area (TPSA) is 32.3 Å². The van der Waals surface area contributed by atoms with Crippen molar-refractivity contribution in [2.75, 3.05) is 6.54 Å². The third-order valence-corrected chi connectivity index (χ3v) is 0.917. The summed E-state index contributed by atoms with van der Waals surface area (Å²) in [6.45, 7) is 4.12. The van der Waals surface area contributed by atoms with Gasteiger partial charge in [0.05, 0.1) is 0 Å². The normalized spacial score (nSPS) is 11.3. The third kappa shape index (κ3) is 7.14. The molecule has 0 atom stereocenters. The zero-order valence-electron chi connectivity index (χ0n) is 5.96. The molecule has 0 aromatic heterocycles. The number of nitrogens with one attached hydrogen (secondary N) is 1. The fourth-order valence-corrected chi connectivity index (χ4v) is 0.465. The summed E-state index contributed by atoms with van der Waals surface area (Å²) in [5, 5.41) is 8.15. The Bertz CT molecular complexity index is 127. The molecule has 10 heavy (non-hydrogen) atoms. The SMILES string of the molecule is C=C/C=C\C=C/CCNO. The monoisotopic (exact) mass is 139 g/mol. The van der Waals surface area contributed by atoms with Crippen molar-refractivity contribution in [2.24, 2.45) is 0 Å². The molecule has 0 spiro atoms. The lowest BCUT2D eigenvalue weighted by Crippen LogP contribution is -2.06. The molecular weight excluding hydrogens is 126 g/mol. The van der Waals surface area contributed by atoms with Gasteiger partial charge in [-0.3, -0.25) is 0 Å². The first kappa shape index (κ1) is 9.14. The minimum atomic E-state index is 0.596. The van der Waals surface area contributed by atoms with Crippen LogP contribution in [0, 0.1) is 0 Å². The van der Waals surface area contributed by atoms with Crippen molar-refractivity contribution in [3.8, 4) is 0 Å². The Balaban J connectivity index is 3.19. The molecule has 0 unspecified atom stereocenters. The second kappa shape index (κ2) is 8.14. The van der Waals surface area contributed by atoms with Crippen LogP contribution < -0.4 is 5.48 Å².